The molecule has 11 rings (SSSR count). The Bertz CT molecular complexity index is 2950. The standard InChI is InChI=1S/C45H30N4O2/c1-2-12-27(13-3-1)43-46-44(48-45(47-43)33-17-10-22-38-41(33)31-16-6-9-21-37(31)50-38)28-24-25-32-40(26-28)51-39-23-11-20-36(42(32)39)49-34-18-7-4-14-29(34)30-15-5-8-19-35(30)49/h1-26,43-44,46H,(H,47,48). The summed E-state index contributed by atoms with van der Waals surface area (Å²) >= 11 is 0. The molecule has 51 heavy (non-hydrogen) atoms. The molecule has 2 unspecified atom stereocenters. The first kappa shape index (κ1) is 28.2. The highest BCUT2D eigenvalue weighted by Crippen LogP contribution is 2.40. The van der Waals surface area contributed by atoms with E-state index in [1.54, 1.807) is 0 Å². The molecule has 0 fully saturated rings. The summed E-state index contributed by atoms with van der Waals surface area (Å²) in [5, 5.41) is 14.2. The van der Waals surface area contributed by atoms with E-state index in [0.29, 0.717) is 0 Å². The number of aromatic nitrogens is 1. The zero-order valence-corrected chi connectivity index (χ0v) is 27.4. The van der Waals surface area contributed by atoms with Gasteiger partial charge in [0.2, 0.25) is 0 Å². The lowest BCUT2D eigenvalue weighted by molar-refractivity contribution is 0.409. The van der Waals surface area contributed by atoms with E-state index >= 15 is 0 Å². The minimum Gasteiger partial charge on any atom is -0.456 e. The molecule has 1 aliphatic heterocycles. The summed E-state index contributed by atoms with van der Waals surface area (Å²) in [6, 6.07) is 54.9. The normalized spacial score (nSPS) is 16.4. The number of nitrogens with zero attached hydrogens (tertiary/aromatic N) is 2. The van der Waals surface area contributed by atoms with Crippen LogP contribution in [0.2, 0.25) is 0 Å². The number of nitrogens with one attached hydrogen (secondary N) is 2. The van der Waals surface area contributed by atoms with E-state index in [9.17, 15) is 0 Å². The number of benzene rings is 7. The SMILES string of the molecule is c1ccc(C2NC(c3cccc4oc5ccccc5c34)=NC(c3ccc4c(c3)oc3cccc(-n5c6ccccc6c6ccccc65)c34)N2)cc1. The van der Waals surface area contributed by atoms with Crippen molar-refractivity contribution in [3.05, 3.63) is 174 Å². The van der Waals surface area contributed by atoms with Crippen LogP contribution in [0, 0.1) is 0 Å². The third-order valence-corrected chi connectivity index (χ3v) is 10.3. The van der Waals surface area contributed by atoms with Gasteiger partial charge >= 0.3 is 0 Å². The summed E-state index contributed by atoms with van der Waals surface area (Å²) in [6.45, 7) is 0. The highest BCUT2D eigenvalue weighted by atomic mass is 16.3. The molecule has 0 aliphatic carbocycles. The molecule has 0 spiro atoms. The van der Waals surface area contributed by atoms with Gasteiger partial charge in [0.25, 0.3) is 0 Å². The third-order valence-electron chi connectivity index (χ3n) is 10.3. The highest BCUT2D eigenvalue weighted by Gasteiger charge is 2.28. The van der Waals surface area contributed by atoms with E-state index in [2.05, 4.69) is 143 Å². The molecule has 2 N–H and O–H groups in total. The number of rotatable bonds is 4. The van der Waals surface area contributed by atoms with Crippen molar-refractivity contribution < 1.29 is 8.83 Å². The molecule has 6 nitrogen and oxygen atoms in total. The fourth-order valence-electron chi connectivity index (χ4n) is 8.02. The number of hydrogen-bond acceptors (Lipinski definition) is 5. The molecule has 10 aromatic rings. The summed E-state index contributed by atoms with van der Waals surface area (Å²) in [6.07, 6.45) is -0.514. The fourth-order valence-corrected chi connectivity index (χ4v) is 8.02. The lowest BCUT2D eigenvalue weighted by Gasteiger charge is -2.32. The Morgan fingerprint density at radius 3 is 1.92 bits per heavy atom. The van der Waals surface area contributed by atoms with Crippen molar-refractivity contribution in [2.24, 2.45) is 4.99 Å². The quantitative estimate of drug-likeness (QED) is 0.197. The molecule has 1 aliphatic rings. The van der Waals surface area contributed by atoms with Crippen LogP contribution in [0.25, 0.3) is 71.4 Å². The van der Waals surface area contributed by atoms with Gasteiger partial charge < -0.3 is 18.7 Å². The first-order valence-corrected chi connectivity index (χ1v) is 17.3. The van der Waals surface area contributed by atoms with Crippen molar-refractivity contribution in [2.75, 3.05) is 0 Å². The zero-order valence-electron chi connectivity index (χ0n) is 27.4. The van der Waals surface area contributed by atoms with E-state index in [1.807, 2.05) is 30.3 Å². The van der Waals surface area contributed by atoms with Crippen LogP contribution in [0.1, 0.15) is 29.0 Å². The Kier molecular flexibility index (Phi) is 6.05. The molecule has 3 aromatic heterocycles. The summed E-state index contributed by atoms with van der Waals surface area (Å²) < 4.78 is 15.3. The molecule has 0 saturated heterocycles. The molecular formula is C45H30N4O2. The Morgan fingerprint density at radius 1 is 0.490 bits per heavy atom. The molecule has 242 valence electrons. The van der Waals surface area contributed by atoms with Gasteiger partial charge in [-0.15, -0.1) is 0 Å². The second kappa shape index (κ2) is 10.9. The topological polar surface area (TPSA) is 67.6 Å². The minimum atomic E-state index is -0.339. The van der Waals surface area contributed by atoms with Crippen LogP contribution in [0.15, 0.2) is 172 Å². The van der Waals surface area contributed by atoms with E-state index in [1.165, 1.54) is 21.8 Å². The van der Waals surface area contributed by atoms with Gasteiger partial charge in [0.15, 0.2) is 0 Å². The molecule has 0 bridgehead atoms. The Labute approximate surface area is 292 Å². The number of aliphatic imine (C=N–C) groups is 1. The van der Waals surface area contributed by atoms with E-state index in [0.717, 1.165) is 72.1 Å². The maximum absolute atomic E-state index is 6.65. The van der Waals surface area contributed by atoms with Crippen LogP contribution >= 0.6 is 0 Å². The molecule has 0 amide bonds. The monoisotopic (exact) mass is 658 g/mol. The van der Waals surface area contributed by atoms with Gasteiger partial charge in [-0.05, 0) is 53.6 Å². The van der Waals surface area contributed by atoms with Crippen molar-refractivity contribution in [1.29, 1.82) is 0 Å². The third kappa shape index (κ3) is 4.30. The minimum absolute atomic E-state index is 0.176. The van der Waals surface area contributed by atoms with Gasteiger partial charge in [0.1, 0.15) is 40.5 Å². The summed E-state index contributed by atoms with van der Waals surface area (Å²) in [5.41, 5.74) is 9.97. The smallest absolute Gasteiger partial charge is 0.137 e. The average Bonchev–Trinajstić information content (AvgIpc) is 3.87. The molecule has 6 heteroatoms. The Morgan fingerprint density at radius 2 is 1.12 bits per heavy atom. The van der Waals surface area contributed by atoms with Gasteiger partial charge in [-0.2, -0.15) is 0 Å². The van der Waals surface area contributed by atoms with Crippen LogP contribution < -0.4 is 10.6 Å². The lowest BCUT2D eigenvalue weighted by atomic mass is 10.0. The molecular weight excluding hydrogens is 629 g/mol. The summed E-state index contributed by atoms with van der Waals surface area (Å²) in [7, 11) is 0. The number of para-hydroxylation sites is 3. The molecule has 0 radical (unpaired) electrons. The van der Waals surface area contributed by atoms with Gasteiger partial charge in [-0.1, -0.05) is 115 Å². The fraction of sp³-hybridized carbons (Fsp3) is 0.0444. The number of hydrogen-bond donors (Lipinski definition) is 2. The molecule has 2 atom stereocenters. The number of furan rings is 2. The van der Waals surface area contributed by atoms with Crippen molar-refractivity contribution >= 4 is 71.5 Å². The van der Waals surface area contributed by atoms with Crippen LogP contribution in [0.3, 0.4) is 0 Å². The number of fused-ring (bicyclic) bond motifs is 9. The van der Waals surface area contributed by atoms with E-state index in [4.69, 9.17) is 13.8 Å². The van der Waals surface area contributed by atoms with Gasteiger partial charge in [-0.25, -0.2) is 4.99 Å². The largest absolute Gasteiger partial charge is 0.456 e. The van der Waals surface area contributed by atoms with Crippen LogP contribution in [0.4, 0.5) is 0 Å². The first-order valence-electron chi connectivity index (χ1n) is 17.3. The summed E-state index contributed by atoms with van der Waals surface area (Å²) in [5.74, 6) is 0.808. The second-order valence-corrected chi connectivity index (χ2v) is 13.2. The van der Waals surface area contributed by atoms with Crippen molar-refractivity contribution in [3.8, 4) is 5.69 Å². The van der Waals surface area contributed by atoms with Crippen LogP contribution in [0.5, 0.6) is 0 Å². The van der Waals surface area contributed by atoms with E-state index < -0.39 is 0 Å². The van der Waals surface area contributed by atoms with E-state index in [-0.39, 0.29) is 12.3 Å². The second-order valence-electron chi connectivity index (χ2n) is 13.2. The van der Waals surface area contributed by atoms with Crippen LogP contribution in [-0.4, -0.2) is 10.4 Å². The molecule has 0 saturated carbocycles. The zero-order chi connectivity index (χ0) is 33.5. The van der Waals surface area contributed by atoms with Crippen LogP contribution in [-0.2, 0) is 0 Å². The van der Waals surface area contributed by atoms with Crippen molar-refractivity contribution in [3.63, 3.8) is 0 Å². The Balaban J connectivity index is 1.08. The Hall–Kier alpha value is -6.63. The maximum Gasteiger partial charge on any atom is 0.137 e. The predicted octanol–water partition coefficient (Wildman–Crippen LogP) is 10.9. The average molecular weight is 659 g/mol. The summed E-state index contributed by atoms with van der Waals surface area (Å²) in [4.78, 5) is 5.33. The van der Waals surface area contributed by atoms with Crippen molar-refractivity contribution in [2.45, 2.75) is 12.3 Å². The predicted molar refractivity (Wildman–Crippen MR) is 207 cm³/mol. The van der Waals surface area contributed by atoms with Crippen molar-refractivity contribution in [1.82, 2.24) is 15.2 Å². The number of amidine groups is 1. The lowest BCUT2D eigenvalue weighted by Crippen LogP contribution is -2.45. The van der Waals surface area contributed by atoms with Gasteiger partial charge in [0.05, 0.1) is 22.1 Å². The highest BCUT2D eigenvalue weighted by molar-refractivity contribution is 6.18. The first-order chi connectivity index (χ1) is 25.3. The van der Waals surface area contributed by atoms with Gasteiger partial charge in [0, 0.05) is 32.5 Å². The van der Waals surface area contributed by atoms with Gasteiger partial charge in [-0.3, -0.25) is 5.32 Å². The molecule has 7 aromatic carbocycles. The molecule has 4 heterocycles. The maximum atomic E-state index is 6.65.